The highest BCUT2D eigenvalue weighted by atomic mass is 32.2. The van der Waals surface area contributed by atoms with E-state index in [2.05, 4.69) is 4.98 Å². The summed E-state index contributed by atoms with van der Waals surface area (Å²) >= 11 is 1.12. The van der Waals surface area contributed by atoms with Gasteiger partial charge in [0.05, 0.1) is 21.8 Å². The fourth-order valence-electron chi connectivity index (χ4n) is 3.65. The summed E-state index contributed by atoms with van der Waals surface area (Å²) in [6.07, 6.45) is 0. The largest absolute Gasteiger partial charge is 0.340 e. The van der Waals surface area contributed by atoms with Crippen LogP contribution in [0.5, 0.6) is 0 Å². The van der Waals surface area contributed by atoms with Crippen molar-refractivity contribution in [2.75, 3.05) is 7.05 Å². The lowest BCUT2D eigenvalue weighted by Gasteiger charge is -2.22. The maximum Gasteiger partial charge on any atom is 0.266 e. The van der Waals surface area contributed by atoms with Gasteiger partial charge in [0.15, 0.2) is 5.16 Å². The molecule has 8 heteroatoms. The average Bonchev–Trinajstić information content (AvgIpc) is 2.81. The number of rotatable bonds is 6. The third kappa shape index (κ3) is 4.87. The number of amides is 1. The fourth-order valence-corrected chi connectivity index (χ4v) is 4.69. The Balaban J connectivity index is 1.69. The molecule has 4 rings (SSSR count). The summed E-state index contributed by atoms with van der Waals surface area (Å²) in [6, 6.07) is 17.5. The molecule has 0 aliphatic carbocycles. The van der Waals surface area contributed by atoms with E-state index in [1.165, 1.54) is 27.7 Å². The summed E-state index contributed by atoms with van der Waals surface area (Å²) in [5.41, 5.74) is 1.61. The SMILES string of the molecule is Cc1ccc(-n2c(SC(C)C(=O)N(C)Cc3cccc(F)c3)nc3ccccc3c2=O)cc1F. The number of nitrogens with zero attached hydrogens (tertiary/aromatic N) is 3. The van der Waals surface area contributed by atoms with Crippen LogP contribution >= 0.6 is 11.8 Å². The molecule has 1 atom stereocenters. The normalized spacial score (nSPS) is 12.0. The molecule has 0 saturated heterocycles. The number of benzene rings is 3. The van der Waals surface area contributed by atoms with E-state index in [1.807, 2.05) is 0 Å². The minimum Gasteiger partial charge on any atom is -0.340 e. The molecule has 34 heavy (non-hydrogen) atoms. The average molecular weight is 480 g/mol. The van der Waals surface area contributed by atoms with E-state index in [1.54, 1.807) is 69.4 Å². The lowest BCUT2D eigenvalue weighted by Crippen LogP contribution is -2.33. The van der Waals surface area contributed by atoms with Crippen molar-refractivity contribution in [2.45, 2.75) is 30.8 Å². The number of thioether (sulfide) groups is 1. The molecule has 0 bridgehead atoms. The van der Waals surface area contributed by atoms with Gasteiger partial charge >= 0.3 is 0 Å². The van der Waals surface area contributed by atoms with Crippen LogP contribution in [0.4, 0.5) is 8.78 Å². The van der Waals surface area contributed by atoms with Crippen LogP contribution in [0.2, 0.25) is 0 Å². The van der Waals surface area contributed by atoms with Gasteiger partial charge in [0, 0.05) is 13.6 Å². The van der Waals surface area contributed by atoms with Crippen LogP contribution < -0.4 is 5.56 Å². The monoisotopic (exact) mass is 479 g/mol. The highest BCUT2D eigenvalue weighted by Gasteiger charge is 2.23. The van der Waals surface area contributed by atoms with E-state index < -0.39 is 11.1 Å². The number of para-hydroxylation sites is 1. The molecule has 0 aliphatic rings. The molecule has 1 amide bonds. The van der Waals surface area contributed by atoms with Gasteiger partial charge in [-0.15, -0.1) is 0 Å². The molecule has 0 saturated carbocycles. The standard InChI is InChI=1S/C26H23F2N3O2S/c1-16-11-12-20(14-22(16)28)31-25(33)21-9-4-5-10-23(21)29-26(31)34-17(2)24(32)30(3)15-18-7-6-8-19(27)13-18/h4-14,17H,15H2,1-3H3. The van der Waals surface area contributed by atoms with Gasteiger partial charge in [-0.3, -0.25) is 14.2 Å². The molecule has 0 radical (unpaired) electrons. The van der Waals surface area contributed by atoms with Crippen LogP contribution in [0.25, 0.3) is 16.6 Å². The highest BCUT2D eigenvalue weighted by Crippen LogP contribution is 2.27. The predicted octanol–water partition coefficient (Wildman–Crippen LogP) is 5.11. The first-order valence-corrected chi connectivity index (χ1v) is 11.6. The van der Waals surface area contributed by atoms with Crippen LogP contribution in [0.15, 0.2) is 76.7 Å². The van der Waals surface area contributed by atoms with Crippen LogP contribution in [-0.2, 0) is 11.3 Å². The van der Waals surface area contributed by atoms with Crippen molar-refractivity contribution in [3.8, 4) is 5.69 Å². The van der Waals surface area contributed by atoms with Gasteiger partial charge in [-0.1, -0.05) is 42.1 Å². The molecular formula is C26H23F2N3O2S. The maximum absolute atomic E-state index is 14.3. The summed E-state index contributed by atoms with van der Waals surface area (Å²) < 4.78 is 29.2. The molecular weight excluding hydrogens is 456 g/mol. The van der Waals surface area contributed by atoms with Crippen molar-refractivity contribution in [1.82, 2.24) is 14.5 Å². The zero-order chi connectivity index (χ0) is 24.4. The summed E-state index contributed by atoms with van der Waals surface area (Å²) in [5, 5.41) is 0.0789. The Hall–Kier alpha value is -3.52. The summed E-state index contributed by atoms with van der Waals surface area (Å²) in [4.78, 5) is 32.6. The molecule has 3 aromatic carbocycles. The Kier molecular flexibility index (Phi) is 6.79. The second-order valence-corrected chi connectivity index (χ2v) is 9.38. The van der Waals surface area contributed by atoms with Gasteiger partial charge in [0.2, 0.25) is 5.91 Å². The third-order valence-corrected chi connectivity index (χ3v) is 6.51. The minimum absolute atomic E-state index is 0.210. The van der Waals surface area contributed by atoms with Crippen molar-refractivity contribution < 1.29 is 13.6 Å². The van der Waals surface area contributed by atoms with Gasteiger partial charge in [0.1, 0.15) is 11.6 Å². The van der Waals surface area contributed by atoms with Gasteiger partial charge in [-0.2, -0.15) is 0 Å². The molecule has 5 nitrogen and oxygen atoms in total. The third-order valence-electron chi connectivity index (χ3n) is 5.47. The predicted molar refractivity (Wildman–Crippen MR) is 130 cm³/mol. The Morgan fingerprint density at radius 2 is 1.85 bits per heavy atom. The minimum atomic E-state index is -0.604. The van der Waals surface area contributed by atoms with Gasteiger partial charge in [0.25, 0.3) is 5.56 Å². The fraction of sp³-hybridized carbons (Fsp3) is 0.192. The number of carbonyl (C=O) groups excluding carboxylic acids is 1. The Bertz CT molecular complexity index is 1440. The summed E-state index contributed by atoms with van der Waals surface area (Å²) in [6.45, 7) is 3.60. The van der Waals surface area contributed by atoms with Crippen molar-refractivity contribution in [1.29, 1.82) is 0 Å². The van der Waals surface area contributed by atoms with Gasteiger partial charge in [-0.05, 0) is 61.4 Å². The molecule has 0 spiro atoms. The van der Waals surface area contributed by atoms with Crippen molar-refractivity contribution in [3.05, 3.63) is 99.8 Å². The van der Waals surface area contributed by atoms with E-state index in [0.29, 0.717) is 27.7 Å². The second kappa shape index (κ2) is 9.77. The quantitative estimate of drug-likeness (QED) is 0.285. The van der Waals surface area contributed by atoms with E-state index in [0.717, 1.165) is 11.8 Å². The van der Waals surface area contributed by atoms with E-state index in [4.69, 9.17) is 0 Å². The molecule has 174 valence electrons. The van der Waals surface area contributed by atoms with Crippen LogP contribution in [0.1, 0.15) is 18.1 Å². The van der Waals surface area contributed by atoms with Crippen molar-refractivity contribution in [2.24, 2.45) is 0 Å². The lowest BCUT2D eigenvalue weighted by molar-refractivity contribution is -0.129. The summed E-state index contributed by atoms with van der Waals surface area (Å²) in [5.74, 6) is -1.01. The Labute approximate surface area is 200 Å². The number of carbonyl (C=O) groups is 1. The van der Waals surface area contributed by atoms with E-state index in [-0.39, 0.29) is 29.0 Å². The molecule has 1 unspecified atom stereocenters. The van der Waals surface area contributed by atoms with E-state index >= 15 is 0 Å². The number of halogens is 2. The maximum atomic E-state index is 14.3. The first-order valence-electron chi connectivity index (χ1n) is 10.7. The number of aromatic nitrogens is 2. The van der Waals surface area contributed by atoms with Crippen LogP contribution in [0.3, 0.4) is 0 Å². The molecule has 4 aromatic rings. The number of hydrogen-bond acceptors (Lipinski definition) is 4. The van der Waals surface area contributed by atoms with Crippen LogP contribution in [-0.4, -0.2) is 32.7 Å². The van der Waals surface area contributed by atoms with Crippen molar-refractivity contribution >= 4 is 28.6 Å². The zero-order valence-corrected chi connectivity index (χ0v) is 19.8. The second-order valence-electron chi connectivity index (χ2n) is 8.07. The topological polar surface area (TPSA) is 55.2 Å². The van der Waals surface area contributed by atoms with Gasteiger partial charge < -0.3 is 4.90 Å². The van der Waals surface area contributed by atoms with Gasteiger partial charge in [-0.25, -0.2) is 13.8 Å². The number of aryl methyl sites for hydroxylation is 1. The molecule has 0 fully saturated rings. The first-order chi connectivity index (χ1) is 16.2. The molecule has 1 heterocycles. The van der Waals surface area contributed by atoms with Crippen LogP contribution in [0, 0.1) is 18.6 Å². The van der Waals surface area contributed by atoms with E-state index in [9.17, 15) is 18.4 Å². The smallest absolute Gasteiger partial charge is 0.266 e. The molecule has 1 aromatic heterocycles. The molecule has 0 aliphatic heterocycles. The Morgan fingerprint density at radius 3 is 2.59 bits per heavy atom. The number of hydrogen-bond donors (Lipinski definition) is 0. The van der Waals surface area contributed by atoms with Crippen molar-refractivity contribution in [3.63, 3.8) is 0 Å². The number of fused-ring (bicyclic) bond motifs is 1. The molecule has 0 N–H and O–H groups in total. The summed E-state index contributed by atoms with van der Waals surface area (Å²) in [7, 11) is 1.64. The lowest BCUT2D eigenvalue weighted by atomic mass is 10.2. The highest BCUT2D eigenvalue weighted by molar-refractivity contribution is 8.00. The Morgan fingerprint density at radius 1 is 1.09 bits per heavy atom. The zero-order valence-electron chi connectivity index (χ0n) is 19.0. The first kappa shape index (κ1) is 23.6.